The van der Waals surface area contributed by atoms with Gasteiger partial charge < -0.3 is 33.9 Å². The standard InChI is InChI=1S/C37H34FN3O4.C5H11NO/c1-24-30(36(42)39-28-13-15-29(16-14-28)45-23-25-9-5-4-6-10-25)20-34(40(24)2)31-19-33(38)35(44-3)21-32(31)37(43)41-18-17-26-11-7-8-12-27(26)22-41;1-6-2-4-7-5-3-6/h4-16,19-21H,17-18,22-23H2,1-3H3,(H,39,42);2-5H2,1H3. The largest absolute Gasteiger partial charge is 0.494 e. The third kappa shape index (κ3) is 8.53. The van der Waals surface area contributed by atoms with Crippen LogP contribution >= 0.6 is 0 Å². The summed E-state index contributed by atoms with van der Waals surface area (Å²) in [6.07, 6.45) is 0.739. The highest BCUT2D eigenvalue weighted by Gasteiger charge is 2.28. The molecule has 5 aromatic rings. The normalized spacial score (nSPS) is 14.1. The molecule has 1 fully saturated rings. The van der Waals surface area contributed by atoms with Crippen LogP contribution in [0.2, 0.25) is 0 Å². The average Bonchev–Trinajstić information content (AvgIpc) is 3.48. The maximum absolute atomic E-state index is 15.1. The zero-order valence-corrected chi connectivity index (χ0v) is 30.2. The van der Waals surface area contributed by atoms with Gasteiger partial charge in [-0.15, -0.1) is 0 Å². The second-order valence-corrected chi connectivity index (χ2v) is 13.0. The maximum atomic E-state index is 15.1. The van der Waals surface area contributed by atoms with Gasteiger partial charge in [-0.25, -0.2) is 4.39 Å². The van der Waals surface area contributed by atoms with Crippen LogP contribution in [0.25, 0.3) is 11.3 Å². The molecule has 270 valence electrons. The first-order chi connectivity index (χ1) is 25.2. The van der Waals surface area contributed by atoms with E-state index in [0.717, 1.165) is 43.9 Å². The number of anilines is 1. The van der Waals surface area contributed by atoms with Gasteiger partial charge in [0.2, 0.25) is 0 Å². The van der Waals surface area contributed by atoms with E-state index in [1.807, 2.05) is 55.5 Å². The molecule has 7 rings (SSSR count). The molecule has 0 unspecified atom stereocenters. The molecule has 2 aliphatic rings. The number of nitrogens with zero attached hydrogens (tertiary/aromatic N) is 3. The van der Waals surface area contributed by atoms with Gasteiger partial charge in [-0.05, 0) is 79.5 Å². The number of carbonyl (C=O) groups is 2. The van der Waals surface area contributed by atoms with Gasteiger partial charge >= 0.3 is 0 Å². The number of rotatable bonds is 8. The molecule has 0 radical (unpaired) electrons. The van der Waals surface area contributed by atoms with Crippen molar-refractivity contribution in [2.75, 3.05) is 52.3 Å². The van der Waals surface area contributed by atoms with Crippen LogP contribution in [0.4, 0.5) is 10.1 Å². The van der Waals surface area contributed by atoms with Gasteiger partial charge in [0.05, 0.1) is 31.5 Å². The highest BCUT2D eigenvalue weighted by molar-refractivity contribution is 6.07. The van der Waals surface area contributed by atoms with Crippen LogP contribution in [0, 0.1) is 12.7 Å². The molecule has 52 heavy (non-hydrogen) atoms. The lowest BCUT2D eigenvalue weighted by molar-refractivity contribution is 0.0503. The van der Waals surface area contributed by atoms with Crippen LogP contribution in [0.5, 0.6) is 11.5 Å². The van der Waals surface area contributed by atoms with Crippen LogP contribution in [0.15, 0.2) is 97.1 Å². The number of halogens is 1. The monoisotopic (exact) mass is 704 g/mol. The van der Waals surface area contributed by atoms with E-state index < -0.39 is 5.82 Å². The Bertz CT molecular complexity index is 2010. The second-order valence-electron chi connectivity index (χ2n) is 13.0. The maximum Gasteiger partial charge on any atom is 0.257 e. The topological polar surface area (TPSA) is 85.3 Å². The van der Waals surface area contributed by atoms with Gasteiger partial charge in [0.15, 0.2) is 11.6 Å². The number of benzene rings is 4. The molecule has 0 spiro atoms. The molecule has 2 aliphatic heterocycles. The molecule has 3 heterocycles. The molecule has 0 aliphatic carbocycles. The first-order valence-electron chi connectivity index (χ1n) is 17.5. The zero-order valence-electron chi connectivity index (χ0n) is 30.2. The number of morpholine rings is 1. The van der Waals surface area contributed by atoms with E-state index in [9.17, 15) is 9.59 Å². The van der Waals surface area contributed by atoms with Crippen molar-refractivity contribution < 1.29 is 28.2 Å². The molecule has 1 saturated heterocycles. The molecule has 0 atom stereocenters. The molecular weight excluding hydrogens is 659 g/mol. The van der Waals surface area contributed by atoms with Crippen molar-refractivity contribution in [2.24, 2.45) is 7.05 Å². The van der Waals surface area contributed by atoms with Gasteiger partial charge in [-0.1, -0.05) is 54.6 Å². The minimum Gasteiger partial charge on any atom is -0.494 e. The van der Waals surface area contributed by atoms with E-state index in [-0.39, 0.29) is 17.6 Å². The smallest absolute Gasteiger partial charge is 0.257 e. The lowest BCUT2D eigenvalue weighted by atomic mass is 9.97. The summed E-state index contributed by atoms with van der Waals surface area (Å²) >= 11 is 0. The summed E-state index contributed by atoms with van der Waals surface area (Å²) < 4.78 is 33.2. The molecular formula is C42H45FN4O5. The quantitative estimate of drug-likeness (QED) is 0.185. The van der Waals surface area contributed by atoms with Gasteiger partial charge in [-0.2, -0.15) is 0 Å². The second kappa shape index (κ2) is 16.7. The molecule has 1 N–H and O–H groups in total. The predicted octanol–water partition coefficient (Wildman–Crippen LogP) is 7.13. The molecule has 2 amide bonds. The number of amides is 2. The lowest BCUT2D eigenvalue weighted by Crippen LogP contribution is -2.36. The number of fused-ring (bicyclic) bond motifs is 1. The first-order valence-corrected chi connectivity index (χ1v) is 17.5. The van der Waals surface area contributed by atoms with Gasteiger partial charge in [0.1, 0.15) is 12.4 Å². The number of nitrogens with one attached hydrogen (secondary N) is 1. The summed E-state index contributed by atoms with van der Waals surface area (Å²) in [4.78, 5) is 31.5. The third-order valence-corrected chi connectivity index (χ3v) is 9.59. The Morgan fingerprint density at radius 2 is 1.54 bits per heavy atom. The molecule has 9 nitrogen and oxygen atoms in total. The number of hydrogen-bond acceptors (Lipinski definition) is 6. The fourth-order valence-electron chi connectivity index (χ4n) is 6.35. The van der Waals surface area contributed by atoms with Crippen molar-refractivity contribution in [2.45, 2.75) is 26.5 Å². The van der Waals surface area contributed by atoms with Crippen molar-refractivity contribution >= 4 is 17.5 Å². The predicted molar refractivity (Wildman–Crippen MR) is 200 cm³/mol. The average molecular weight is 705 g/mol. The number of carbonyl (C=O) groups excluding carboxylic acids is 2. The Morgan fingerprint density at radius 3 is 2.21 bits per heavy atom. The van der Waals surface area contributed by atoms with Crippen LogP contribution in [-0.4, -0.2) is 73.2 Å². The van der Waals surface area contributed by atoms with E-state index in [4.69, 9.17) is 14.2 Å². The van der Waals surface area contributed by atoms with Gasteiger partial charge in [0, 0.05) is 55.9 Å². The Kier molecular flexibility index (Phi) is 11.7. The molecule has 0 bridgehead atoms. The van der Waals surface area contributed by atoms with Crippen molar-refractivity contribution in [3.63, 3.8) is 0 Å². The Balaban J connectivity index is 0.000000594. The first kappa shape index (κ1) is 36.3. The number of ether oxygens (including phenoxy) is 3. The summed E-state index contributed by atoms with van der Waals surface area (Å²) in [7, 11) is 5.29. The molecule has 4 aromatic carbocycles. The van der Waals surface area contributed by atoms with E-state index in [0.29, 0.717) is 59.2 Å². The summed E-state index contributed by atoms with van der Waals surface area (Å²) in [6, 6.07) is 29.6. The molecule has 0 saturated carbocycles. The van der Waals surface area contributed by atoms with Gasteiger partial charge in [0.25, 0.3) is 11.8 Å². The highest BCUT2D eigenvalue weighted by Crippen LogP contribution is 2.34. The zero-order chi connectivity index (χ0) is 36.6. The fourth-order valence-corrected chi connectivity index (χ4v) is 6.35. The van der Waals surface area contributed by atoms with Crippen molar-refractivity contribution in [3.05, 3.63) is 136 Å². The van der Waals surface area contributed by atoms with E-state index >= 15 is 4.39 Å². The SMILES string of the molecule is CN1CCOCC1.COc1cc(C(=O)N2CCc3ccccc3C2)c(-c2cc(C(=O)Nc3ccc(OCc4ccccc4)cc3)c(C)n2C)cc1F. The summed E-state index contributed by atoms with van der Waals surface area (Å²) in [5.41, 5.74) is 6.32. The summed E-state index contributed by atoms with van der Waals surface area (Å²) in [6.45, 7) is 7.30. The van der Waals surface area contributed by atoms with E-state index in [1.165, 1.54) is 24.8 Å². The van der Waals surface area contributed by atoms with Crippen LogP contribution in [-0.2, 0) is 31.4 Å². The number of hydrogen-bond donors (Lipinski definition) is 1. The number of aromatic nitrogens is 1. The summed E-state index contributed by atoms with van der Waals surface area (Å²) in [5.74, 6) is -0.461. The molecule has 1 aromatic heterocycles. The van der Waals surface area contributed by atoms with Crippen molar-refractivity contribution in [1.82, 2.24) is 14.4 Å². The number of methoxy groups -OCH3 is 1. The van der Waals surface area contributed by atoms with Crippen molar-refractivity contribution in [3.8, 4) is 22.8 Å². The Labute approximate surface area is 304 Å². The van der Waals surface area contributed by atoms with Crippen LogP contribution < -0.4 is 14.8 Å². The van der Waals surface area contributed by atoms with Crippen LogP contribution in [0.1, 0.15) is 43.1 Å². The highest BCUT2D eigenvalue weighted by atomic mass is 19.1. The van der Waals surface area contributed by atoms with E-state index in [2.05, 4.69) is 23.3 Å². The van der Waals surface area contributed by atoms with Crippen molar-refractivity contribution in [1.29, 1.82) is 0 Å². The molecule has 10 heteroatoms. The Hall–Kier alpha value is -5.45. The lowest BCUT2D eigenvalue weighted by Gasteiger charge is -2.29. The number of likely N-dealkylation sites (N-methyl/N-ethyl adjacent to an activating group) is 1. The summed E-state index contributed by atoms with van der Waals surface area (Å²) in [5, 5.41) is 2.94. The fraction of sp³-hybridized carbons (Fsp3) is 0.286. The Morgan fingerprint density at radius 1 is 0.846 bits per heavy atom. The van der Waals surface area contributed by atoms with Gasteiger partial charge in [-0.3, -0.25) is 9.59 Å². The third-order valence-electron chi connectivity index (χ3n) is 9.59. The minimum atomic E-state index is -0.590. The van der Waals surface area contributed by atoms with E-state index in [1.54, 1.807) is 46.8 Å². The van der Waals surface area contributed by atoms with Crippen LogP contribution in [0.3, 0.4) is 0 Å². The minimum absolute atomic E-state index is 0.0143.